The van der Waals surface area contributed by atoms with Gasteiger partial charge in [0.05, 0.1) is 11.6 Å². The lowest BCUT2D eigenvalue weighted by molar-refractivity contribution is -0.0254. The molecule has 5 nitrogen and oxygen atoms in total. The van der Waals surface area contributed by atoms with Crippen molar-refractivity contribution in [3.63, 3.8) is 0 Å². The van der Waals surface area contributed by atoms with E-state index in [4.69, 9.17) is 16.3 Å². The fraction of sp³-hybridized carbons (Fsp3) is 0.357. The highest BCUT2D eigenvalue weighted by molar-refractivity contribution is 6.30. The Morgan fingerprint density at radius 1 is 1.18 bits per heavy atom. The number of piperidine rings is 1. The Bertz CT molecular complexity index is 1130. The Kier molecular flexibility index (Phi) is 6.68. The molecule has 0 bridgehead atoms. The number of hydrogen-bond acceptors (Lipinski definition) is 5. The zero-order valence-electron chi connectivity index (χ0n) is 19.1. The number of ether oxygens (including phenoxy) is 1. The number of aliphatic hydroxyl groups is 1. The minimum absolute atomic E-state index is 0.0349. The van der Waals surface area contributed by atoms with Crippen LogP contribution in [0.3, 0.4) is 0 Å². The third-order valence-electron chi connectivity index (χ3n) is 7.19. The summed E-state index contributed by atoms with van der Waals surface area (Å²) in [5.74, 6) is 0.936. The number of aliphatic imine (C=N–C) groups is 1. The topological polar surface area (TPSA) is 62.1 Å². The highest BCUT2D eigenvalue weighted by atomic mass is 35.5. The first-order valence-corrected chi connectivity index (χ1v) is 12.3. The monoisotopic (exact) mass is 476 g/mol. The number of hydrogen-bond donors (Lipinski definition) is 1. The maximum absolute atomic E-state index is 11.4. The number of carbonyl (C=O) groups is 1. The lowest BCUT2D eigenvalue weighted by Gasteiger charge is -2.38. The second kappa shape index (κ2) is 9.87. The first-order valence-electron chi connectivity index (χ1n) is 11.9. The van der Waals surface area contributed by atoms with E-state index in [1.807, 2.05) is 48.7 Å². The average molecular weight is 477 g/mol. The van der Waals surface area contributed by atoms with E-state index in [1.165, 1.54) is 5.57 Å². The molecular formula is C28H29ClN2O3. The molecule has 0 spiro atoms. The van der Waals surface area contributed by atoms with Crippen LogP contribution in [-0.4, -0.2) is 54.8 Å². The van der Waals surface area contributed by atoms with Crippen LogP contribution < -0.4 is 4.74 Å². The van der Waals surface area contributed by atoms with E-state index in [1.54, 1.807) is 6.07 Å². The first kappa shape index (κ1) is 23.0. The summed E-state index contributed by atoms with van der Waals surface area (Å²) in [6.45, 7) is 3.11. The van der Waals surface area contributed by atoms with E-state index in [2.05, 4.69) is 22.0 Å². The van der Waals surface area contributed by atoms with Crippen LogP contribution in [-0.2, 0) is 5.60 Å². The van der Waals surface area contributed by atoms with E-state index < -0.39 is 5.60 Å². The van der Waals surface area contributed by atoms with Crippen molar-refractivity contribution < 1.29 is 14.6 Å². The van der Waals surface area contributed by atoms with Gasteiger partial charge in [-0.05, 0) is 66.8 Å². The fourth-order valence-electron chi connectivity index (χ4n) is 5.18. The van der Waals surface area contributed by atoms with E-state index in [9.17, 15) is 9.90 Å². The van der Waals surface area contributed by atoms with Gasteiger partial charge in [-0.15, -0.1) is 0 Å². The van der Waals surface area contributed by atoms with Gasteiger partial charge in [-0.25, -0.2) is 0 Å². The van der Waals surface area contributed by atoms with Crippen molar-refractivity contribution >= 4 is 29.7 Å². The Hall–Kier alpha value is -2.73. The molecule has 34 heavy (non-hydrogen) atoms. The molecule has 1 fully saturated rings. The second-order valence-corrected chi connectivity index (χ2v) is 9.73. The maximum atomic E-state index is 11.4. The van der Waals surface area contributed by atoms with Gasteiger partial charge < -0.3 is 14.7 Å². The van der Waals surface area contributed by atoms with Gasteiger partial charge in [0, 0.05) is 47.9 Å². The third-order valence-corrected chi connectivity index (χ3v) is 7.44. The van der Waals surface area contributed by atoms with Gasteiger partial charge in [0.2, 0.25) is 0 Å². The highest BCUT2D eigenvalue weighted by Crippen LogP contribution is 2.39. The zero-order valence-corrected chi connectivity index (χ0v) is 19.8. The summed E-state index contributed by atoms with van der Waals surface area (Å²) in [5, 5.41) is 11.8. The average Bonchev–Trinajstić information content (AvgIpc) is 3.02. The van der Waals surface area contributed by atoms with Crippen LogP contribution in [0.4, 0.5) is 0 Å². The summed E-state index contributed by atoms with van der Waals surface area (Å²) in [6.07, 6.45) is 11.5. The number of carbonyl (C=O) groups excluding carboxylic acids is 1. The van der Waals surface area contributed by atoms with Crippen molar-refractivity contribution in [2.75, 3.05) is 26.2 Å². The molecule has 3 heterocycles. The number of dihydropyridines is 1. The Labute approximate surface area is 205 Å². The molecule has 0 amide bonds. The maximum Gasteiger partial charge on any atom is 0.150 e. The summed E-state index contributed by atoms with van der Waals surface area (Å²) in [7, 11) is 0. The molecule has 1 N–H and O–H groups in total. The largest absolute Gasteiger partial charge is 0.491 e. The van der Waals surface area contributed by atoms with Crippen molar-refractivity contribution in [2.45, 2.75) is 30.9 Å². The highest BCUT2D eigenvalue weighted by Gasteiger charge is 2.34. The Morgan fingerprint density at radius 3 is 2.74 bits per heavy atom. The van der Waals surface area contributed by atoms with Gasteiger partial charge >= 0.3 is 0 Å². The fourth-order valence-corrected chi connectivity index (χ4v) is 5.31. The van der Waals surface area contributed by atoms with Crippen LogP contribution in [0.1, 0.15) is 40.7 Å². The molecule has 5 rings (SSSR count). The van der Waals surface area contributed by atoms with Gasteiger partial charge in [0.25, 0.3) is 0 Å². The predicted molar refractivity (Wildman–Crippen MR) is 136 cm³/mol. The van der Waals surface area contributed by atoms with Crippen LogP contribution in [0.2, 0.25) is 5.02 Å². The molecule has 2 atom stereocenters. The molecule has 3 aliphatic rings. The van der Waals surface area contributed by atoms with Gasteiger partial charge in [-0.2, -0.15) is 0 Å². The van der Waals surface area contributed by atoms with Crippen LogP contribution in [0.5, 0.6) is 5.75 Å². The minimum Gasteiger partial charge on any atom is -0.491 e. The summed E-state index contributed by atoms with van der Waals surface area (Å²) in [4.78, 5) is 18.5. The number of aldehydes is 1. The number of benzene rings is 2. The van der Waals surface area contributed by atoms with Crippen LogP contribution in [0.15, 0.2) is 65.7 Å². The lowest BCUT2D eigenvalue weighted by Crippen LogP contribution is -2.42. The lowest BCUT2D eigenvalue weighted by atomic mass is 9.84. The van der Waals surface area contributed by atoms with E-state index >= 15 is 0 Å². The van der Waals surface area contributed by atoms with E-state index in [-0.39, 0.29) is 12.0 Å². The summed E-state index contributed by atoms with van der Waals surface area (Å²) in [5.41, 5.74) is 2.95. The quantitative estimate of drug-likeness (QED) is 0.622. The number of fused-ring (bicyclic) bond motifs is 2. The number of likely N-dealkylation sites (tertiary alicyclic amines) is 1. The normalized spacial score (nSPS) is 24.7. The molecule has 6 heteroatoms. The van der Waals surface area contributed by atoms with Crippen molar-refractivity contribution in [3.8, 4) is 5.75 Å². The molecule has 2 aromatic rings. The first-order chi connectivity index (χ1) is 16.6. The van der Waals surface area contributed by atoms with Crippen LogP contribution in [0, 0.1) is 5.92 Å². The summed E-state index contributed by atoms with van der Waals surface area (Å²) >= 11 is 6.01. The number of nitrogens with zero attached hydrogens (tertiary/aromatic N) is 2. The Morgan fingerprint density at radius 2 is 1.97 bits per heavy atom. The molecule has 3 aliphatic heterocycles. The molecular weight excluding hydrogens is 448 g/mol. The second-order valence-electron chi connectivity index (χ2n) is 9.29. The summed E-state index contributed by atoms with van der Waals surface area (Å²) in [6, 6.07) is 13.2. The number of allylic oxidation sites excluding steroid dienone is 1. The van der Waals surface area contributed by atoms with E-state index in [0.29, 0.717) is 30.0 Å². The SMILES string of the molecule is O=Cc1ccc2c(c1)/C(=C/CCN1CCC(O)(c3ccc(Cl)cc3)CC1)C1C=CC=NC1CO2. The zero-order chi connectivity index (χ0) is 23.5. The van der Waals surface area contributed by atoms with Crippen molar-refractivity contribution in [1.82, 2.24) is 4.90 Å². The minimum atomic E-state index is -0.791. The molecule has 2 unspecified atom stereocenters. The Balaban J connectivity index is 1.29. The van der Waals surface area contributed by atoms with Gasteiger partial charge in [0.15, 0.2) is 0 Å². The molecule has 0 radical (unpaired) electrons. The van der Waals surface area contributed by atoms with Crippen LogP contribution >= 0.6 is 11.6 Å². The predicted octanol–water partition coefficient (Wildman–Crippen LogP) is 4.93. The third kappa shape index (κ3) is 4.74. The molecule has 2 aromatic carbocycles. The number of halogens is 1. The standard InChI is InChI=1S/C28H29ClN2O3/c29-22-8-6-21(7-9-22)28(33)11-15-31(16-12-28)14-2-4-23-24-3-1-13-30-26(24)19-34-27-10-5-20(18-32)17-25(23)27/h1,3-10,13,17-18,24,26,33H,2,11-12,14-16,19H2/b23-4+. The number of rotatable bonds is 5. The van der Waals surface area contributed by atoms with Crippen LogP contribution in [0.25, 0.3) is 5.57 Å². The van der Waals surface area contributed by atoms with Gasteiger partial charge in [-0.3, -0.25) is 9.79 Å². The summed E-state index contributed by atoms with van der Waals surface area (Å²) < 4.78 is 6.07. The van der Waals surface area contributed by atoms with Crippen molar-refractivity contribution in [1.29, 1.82) is 0 Å². The van der Waals surface area contributed by atoms with Gasteiger partial charge in [0.1, 0.15) is 18.6 Å². The molecule has 176 valence electrons. The molecule has 0 aliphatic carbocycles. The molecule has 0 saturated carbocycles. The molecule has 0 aromatic heterocycles. The van der Waals surface area contributed by atoms with Crippen molar-refractivity contribution in [2.24, 2.45) is 10.9 Å². The smallest absolute Gasteiger partial charge is 0.150 e. The van der Waals surface area contributed by atoms with E-state index in [0.717, 1.165) is 49.2 Å². The molecule has 1 saturated heterocycles. The van der Waals surface area contributed by atoms with Gasteiger partial charge in [-0.1, -0.05) is 35.9 Å². The van der Waals surface area contributed by atoms with Crippen molar-refractivity contribution in [3.05, 3.63) is 82.4 Å².